The summed E-state index contributed by atoms with van der Waals surface area (Å²) in [6.07, 6.45) is 0. The molecule has 0 aliphatic rings. The van der Waals surface area contributed by atoms with E-state index in [-0.39, 0.29) is 5.97 Å². The van der Waals surface area contributed by atoms with Crippen molar-refractivity contribution in [1.82, 2.24) is 4.98 Å². The van der Waals surface area contributed by atoms with Gasteiger partial charge in [0, 0.05) is 5.56 Å². The molecule has 17 heavy (non-hydrogen) atoms. The van der Waals surface area contributed by atoms with Gasteiger partial charge in [-0.1, -0.05) is 30.3 Å². The molecule has 86 valence electrons. The van der Waals surface area contributed by atoms with Crippen molar-refractivity contribution in [2.45, 2.75) is 6.92 Å². The molecule has 0 radical (unpaired) electrons. The second-order valence-electron chi connectivity index (χ2n) is 3.69. The maximum atomic E-state index is 11.4. The normalized spacial score (nSPS) is 10.0. The third kappa shape index (κ3) is 2.33. The molecular formula is C14H13NO2. The molecule has 0 amide bonds. The molecule has 0 atom stereocenters. The smallest absolute Gasteiger partial charge is 0.339 e. The van der Waals surface area contributed by atoms with Crippen LogP contribution in [0.1, 0.15) is 16.1 Å². The summed E-state index contributed by atoms with van der Waals surface area (Å²) in [5, 5.41) is 0. The summed E-state index contributed by atoms with van der Waals surface area (Å²) in [4.78, 5) is 15.8. The summed E-state index contributed by atoms with van der Waals surface area (Å²) in [6, 6.07) is 13.4. The van der Waals surface area contributed by atoms with Crippen molar-refractivity contribution in [2.24, 2.45) is 0 Å². The Labute approximate surface area is 100 Å². The van der Waals surface area contributed by atoms with Crippen LogP contribution in [0.5, 0.6) is 0 Å². The number of carbonyl (C=O) groups is 1. The Morgan fingerprint density at radius 2 is 1.82 bits per heavy atom. The molecular weight excluding hydrogens is 214 g/mol. The molecule has 0 unspecified atom stereocenters. The first-order valence-electron chi connectivity index (χ1n) is 5.34. The monoisotopic (exact) mass is 227 g/mol. The Hall–Kier alpha value is -2.16. The number of nitrogens with zero attached hydrogens (tertiary/aromatic N) is 1. The summed E-state index contributed by atoms with van der Waals surface area (Å²) in [5.74, 6) is -0.352. The molecule has 3 heteroatoms. The number of methoxy groups -OCH3 is 1. The van der Waals surface area contributed by atoms with Crippen LogP contribution in [0.2, 0.25) is 0 Å². The molecule has 0 aliphatic carbocycles. The Kier molecular flexibility index (Phi) is 3.19. The molecule has 0 fully saturated rings. The quantitative estimate of drug-likeness (QED) is 0.740. The molecule has 0 saturated carbocycles. The summed E-state index contributed by atoms with van der Waals surface area (Å²) < 4.78 is 4.68. The van der Waals surface area contributed by atoms with E-state index in [0.29, 0.717) is 11.3 Å². The lowest BCUT2D eigenvalue weighted by atomic mass is 10.1. The van der Waals surface area contributed by atoms with Crippen molar-refractivity contribution in [3.8, 4) is 11.3 Å². The van der Waals surface area contributed by atoms with Gasteiger partial charge in [0.05, 0.1) is 24.1 Å². The molecule has 0 N–H and O–H groups in total. The summed E-state index contributed by atoms with van der Waals surface area (Å²) in [7, 11) is 1.37. The van der Waals surface area contributed by atoms with Crippen LogP contribution >= 0.6 is 0 Å². The van der Waals surface area contributed by atoms with Crippen LogP contribution in [0, 0.1) is 6.92 Å². The zero-order chi connectivity index (χ0) is 12.3. The topological polar surface area (TPSA) is 39.2 Å². The Bertz CT molecular complexity index is 535. The molecule has 2 aromatic rings. The van der Waals surface area contributed by atoms with Crippen molar-refractivity contribution in [1.29, 1.82) is 0 Å². The molecule has 2 rings (SSSR count). The largest absolute Gasteiger partial charge is 0.465 e. The zero-order valence-corrected chi connectivity index (χ0v) is 9.81. The Balaban J connectivity index is 2.41. The molecule has 0 saturated heterocycles. The minimum Gasteiger partial charge on any atom is -0.465 e. The third-order valence-electron chi connectivity index (χ3n) is 2.56. The van der Waals surface area contributed by atoms with E-state index in [1.54, 1.807) is 13.0 Å². The van der Waals surface area contributed by atoms with Crippen LogP contribution in [0.15, 0.2) is 42.5 Å². The van der Waals surface area contributed by atoms with Crippen molar-refractivity contribution in [3.05, 3.63) is 53.7 Å². The number of carbonyl (C=O) groups excluding carboxylic acids is 1. The van der Waals surface area contributed by atoms with Crippen molar-refractivity contribution in [2.75, 3.05) is 7.11 Å². The van der Waals surface area contributed by atoms with Gasteiger partial charge in [-0.05, 0) is 19.1 Å². The highest BCUT2D eigenvalue weighted by atomic mass is 16.5. The number of aryl methyl sites for hydroxylation is 1. The number of pyridine rings is 1. The standard InChI is InChI=1S/C14H13NO2/c1-10-12(14(16)17-2)8-9-13(15-10)11-6-4-3-5-7-11/h3-9H,1-2H3. The van der Waals surface area contributed by atoms with E-state index in [2.05, 4.69) is 9.72 Å². The van der Waals surface area contributed by atoms with Crippen LogP contribution < -0.4 is 0 Å². The van der Waals surface area contributed by atoms with E-state index in [1.807, 2.05) is 36.4 Å². The average Bonchev–Trinajstić information content (AvgIpc) is 2.39. The molecule has 1 aromatic carbocycles. The van der Waals surface area contributed by atoms with E-state index in [4.69, 9.17) is 0 Å². The van der Waals surface area contributed by atoms with Crippen LogP contribution in [-0.2, 0) is 4.74 Å². The zero-order valence-electron chi connectivity index (χ0n) is 9.81. The van der Waals surface area contributed by atoms with Gasteiger partial charge in [0.25, 0.3) is 0 Å². The Morgan fingerprint density at radius 1 is 1.12 bits per heavy atom. The number of rotatable bonds is 2. The van der Waals surface area contributed by atoms with Gasteiger partial charge in [-0.3, -0.25) is 4.98 Å². The number of benzene rings is 1. The molecule has 1 aromatic heterocycles. The molecule has 1 heterocycles. The van der Waals surface area contributed by atoms with Gasteiger partial charge in [-0.2, -0.15) is 0 Å². The lowest BCUT2D eigenvalue weighted by Gasteiger charge is -2.06. The first-order chi connectivity index (χ1) is 8.22. The van der Waals surface area contributed by atoms with Crippen LogP contribution in [-0.4, -0.2) is 18.1 Å². The van der Waals surface area contributed by atoms with Gasteiger partial charge in [-0.25, -0.2) is 4.79 Å². The number of hydrogen-bond acceptors (Lipinski definition) is 3. The van der Waals surface area contributed by atoms with Gasteiger partial charge < -0.3 is 4.74 Å². The summed E-state index contributed by atoms with van der Waals surface area (Å²) in [5.41, 5.74) is 3.08. The molecule has 0 spiro atoms. The van der Waals surface area contributed by atoms with Gasteiger partial charge in [0.2, 0.25) is 0 Å². The Morgan fingerprint density at radius 3 is 2.41 bits per heavy atom. The van der Waals surface area contributed by atoms with Crippen molar-refractivity contribution < 1.29 is 9.53 Å². The summed E-state index contributed by atoms with van der Waals surface area (Å²) >= 11 is 0. The highest BCUT2D eigenvalue weighted by molar-refractivity contribution is 5.90. The lowest BCUT2D eigenvalue weighted by Crippen LogP contribution is -2.05. The van der Waals surface area contributed by atoms with Gasteiger partial charge in [0.1, 0.15) is 0 Å². The minimum absolute atomic E-state index is 0.352. The highest BCUT2D eigenvalue weighted by Gasteiger charge is 2.10. The maximum Gasteiger partial charge on any atom is 0.339 e. The van der Waals surface area contributed by atoms with E-state index in [0.717, 1.165) is 11.3 Å². The van der Waals surface area contributed by atoms with Crippen LogP contribution in [0.25, 0.3) is 11.3 Å². The highest BCUT2D eigenvalue weighted by Crippen LogP contribution is 2.18. The first kappa shape index (κ1) is 11.3. The van der Waals surface area contributed by atoms with E-state index >= 15 is 0 Å². The molecule has 0 aliphatic heterocycles. The van der Waals surface area contributed by atoms with E-state index in [1.165, 1.54) is 7.11 Å². The number of aromatic nitrogens is 1. The van der Waals surface area contributed by atoms with Crippen molar-refractivity contribution >= 4 is 5.97 Å². The average molecular weight is 227 g/mol. The minimum atomic E-state index is -0.352. The summed E-state index contributed by atoms with van der Waals surface area (Å²) in [6.45, 7) is 1.80. The fourth-order valence-corrected chi connectivity index (χ4v) is 1.66. The lowest BCUT2D eigenvalue weighted by molar-refractivity contribution is 0.0599. The maximum absolute atomic E-state index is 11.4. The predicted molar refractivity (Wildman–Crippen MR) is 65.7 cm³/mol. The molecule has 0 bridgehead atoms. The van der Waals surface area contributed by atoms with Crippen molar-refractivity contribution in [3.63, 3.8) is 0 Å². The fourth-order valence-electron chi connectivity index (χ4n) is 1.66. The van der Waals surface area contributed by atoms with Gasteiger partial charge in [0.15, 0.2) is 0 Å². The second-order valence-corrected chi connectivity index (χ2v) is 3.69. The molecule has 3 nitrogen and oxygen atoms in total. The first-order valence-corrected chi connectivity index (χ1v) is 5.34. The second kappa shape index (κ2) is 4.78. The third-order valence-corrected chi connectivity index (χ3v) is 2.56. The number of hydrogen-bond donors (Lipinski definition) is 0. The predicted octanol–water partition coefficient (Wildman–Crippen LogP) is 2.84. The number of esters is 1. The fraction of sp³-hybridized carbons (Fsp3) is 0.143. The van der Waals surface area contributed by atoms with Gasteiger partial charge in [-0.15, -0.1) is 0 Å². The SMILES string of the molecule is COC(=O)c1ccc(-c2ccccc2)nc1C. The van der Waals surface area contributed by atoms with Crippen LogP contribution in [0.3, 0.4) is 0 Å². The number of ether oxygens (including phenoxy) is 1. The van der Waals surface area contributed by atoms with Gasteiger partial charge >= 0.3 is 5.97 Å². The van der Waals surface area contributed by atoms with E-state index in [9.17, 15) is 4.79 Å². The van der Waals surface area contributed by atoms with E-state index < -0.39 is 0 Å². The van der Waals surface area contributed by atoms with Crippen LogP contribution in [0.4, 0.5) is 0 Å².